The normalized spacial score (nSPS) is 11.6. The highest BCUT2D eigenvalue weighted by Crippen LogP contribution is 2.23. The van der Waals surface area contributed by atoms with Crippen LogP contribution in [0, 0.1) is 10.1 Å². The smallest absolute Gasteiger partial charge is 0.273 e. The van der Waals surface area contributed by atoms with Gasteiger partial charge in [-0.15, -0.1) is 0 Å². The molecule has 1 aromatic carbocycles. The van der Waals surface area contributed by atoms with Gasteiger partial charge in [-0.1, -0.05) is 22.9 Å². The lowest BCUT2D eigenvalue weighted by atomic mass is 9.98. The fourth-order valence-electron chi connectivity index (χ4n) is 1.67. The second kappa shape index (κ2) is 6.95. The summed E-state index contributed by atoms with van der Waals surface area (Å²) in [5.74, 6) is 0. The van der Waals surface area contributed by atoms with Crippen LogP contribution in [0.4, 0.5) is 5.69 Å². The maximum Gasteiger partial charge on any atom is 0.273 e. The number of aliphatic hydroxyl groups excluding tert-OH is 2. The number of benzene rings is 1. The summed E-state index contributed by atoms with van der Waals surface area (Å²) in [7, 11) is 0. The minimum atomic E-state index is -0.823. The third kappa shape index (κ3) is 3.97. The molecule has 0 fully saturated rings. The van der Waals surface area contributed by atoms with E-state index in [9.17, 15) is 20.3 Å². The van der Waals surface area contributed by atoms with E-state index in [1.54, 1.807) is 12.1 Å². The molecule has 1 rings (SSSR count). The van der Waals surface area contributed by atoms with Gasteiger partial charge in [-0.25, -0.2) is 0 Å². The third-order valence-electron chi connectivity index (χ3n) is 3.17. The Hall–Kier alpha value is -1.02. The molecule has 0 aliphatic carbocycles. The first-order chi connectivity index (χ1) is 8.98. The van der Waals surface area contributed by atoms with Gasteiger partial charge in [0.2, 0.25) is 0 Å². The zero-order valence-corrected chi connectivity index (χ0v) is 12.2. The van der Waals surface area contributed by atoms with Gasteiger partial charge in [0.25, 0.3) is 5.69 Å². The van der Waals surface area contributed by atoms with Crippen molar-refractivity contribution in [3.63, 3.8) is 0 Å². The van der Waals surface area contributed by atoms with E-state index in [2.05, 4.69) is 21.2 Å². The van der Waals surface area contributed by atoms with E-state index < -0.39 is 10.5 Å². The molecular weight excluding hydrogens is 316 g/mol. The standard InChI is InChI=1S/C12H17BrN2O4/c1-2-12(7-16,8-17)14-6-9-5-10(13)3-4-11(9)15(18)19/h3-5,14,16-17H,2,6-8H2,1H3. The second-order valence-corrected chi connectivity index (χ2v) is 5.25. The highest BCUT2D eigenvalue weighted by Gasteiger charge is 2.26. The summed E-state index contributed by atoms with van der Waals surface area (Å²) in [6.07, 6.45) is 0.516. The van der Waals surface area contributed by atoms with Gasteiger partial charge in [0.1, 0.15) is 0 Å². The Morgan fingerprint density at radius 3 is 2.53 bits per heavy atom. The fourth-order valence-corrected chi connectivity index (χ4v) is 2.08. The second-order valence-electron chi connectivity index (χ2n) is 4.33. The highest BCUT2D eigenvalue weighted by atomic mass is 79.9. The zero-order valence-electron chi connectivity index (χ0n) is 10.6. The summed E-state index contributed by atoms with van der Waals surface area (Å²) < 4.78 is 0.741. The first-order valence-corrected chi connectivity index (χ1v) is 6.67. The molecule has 0 aliphatic rings. The summed E-state index contributed by atoms with van der Waals surface area (Å²) in [5, 5.41) is 32.6. The number of hydrogen-bond acceptors (Lipinski definition) is 5. The quantitative estimate of drug-likeness (QED) is 0.520. The molecule has 0 saturated carbocycles. The van der Waals surface area contributed by atoms with Crippen molar-refractivity contribution >= 4 is 21.6 Å². The first kappa shape index (κ1) is 16.0. The van der Waals surface area contributed by atoms with Gasteiger partial charge in [-0.05, 0) is 18.6 Å². The van der Waals surface area contributed by atoms with Gasteiger partial charge in [0.05, 0.1) is 23.7 Å². The van der Waals surface area contributed by atoms with Crippen LogP contribution in [-0.2, 0) is 6.54 Å². The number of rotatable bonds is 7. The fraction of sp³-hybridized carbons (Fsp3) is 0.500. The number of aliphatic hydroxyl groups is 2. The lowest BCUT2D eigenvalue weighted by Gasteiger charge is -2.29. The molecule has 1 aromatic rings. The minimum absolute atomic E-state index is 0.0107. The van der Waals surface area contributed by atoms with Gasteiger partial charge in [0, 0.05) is 22.6 Å². The van der Waals surface area contributed by atoms with Gasteiger partial charge >= 0.3 is 0 Å². The van der Waals surface area contributed by atoms with Crippen molar-refractivity contribution in [1.82, 2.24) is 5.32 Å². The van der Waals surface area contributed by atoms with Crippen molar-refractivity contribution in [2.75, 3.05) is 13.2 Å². The Bertz CT molecular complexity index is 441. The summed E-state index contributed by atoms with van der Waals surface area (Å²) in [4.78, 5) is 10.5. The Balaban J connectivity index is 2.93. The van der Waals surface area contributed by atoms with Crippen molar-refractivity contribution in [3.8, 4) is 0 Å². The van der Waals surface area contributed by atoms with Crippen LogP contribution in [0.15, 0.2) is 22.7 Å². The summed E-state index contributed by atoms with van der Waals surface area (Å²) >= 11 is 3.27. The molecule has 0 spiro atoms. The lowest BCUT2D eigenvalue weighted by Crippen LogP contribution is -2.50. The average Bonchev–Trinajstić information content (AvgIpc) is 2.40. The zero-order chi connectivity index (χ0) is 14.5. The van der Waals surface area contributed by atoms with Gasteiger partial charge in [-0.3, -0.25) is 10.1 Å². The van der Waals surface area contributed by atoms with Crippen molar-refractivity contribution in [2.45, 2.75) is 25.4 Å². The van der Waals surface area contributed by atoms with E-state index in [4.69, 9.17) is 0 Å². The molecule has 0 bridgehead atoms. The Morgan fingerprint density at radius 2 is 2.05 bits per heavy atom. The minimum Gasteiger partial charge on any atom is -0.394 e. The Morgan fingerprint density at radius 1 is 1.42 bits per heavy atom. The van der Waals surface area contributed by atoms with E-state index in [1.807, 2.05) is 6.92 Å². The van der Waals surface area contributed by atoms with Crippen LogP contribution in [0.1, 0.15) is 18.9 Å². The monoisotopic (exact) mass is 332 g/mol. The molecule has 0 heterocycles. The van der Waals surface area contributed by atoms with E-state index in [-0.39, 0.29) is 25.4 Å². The average molecular weight is 333 g/mol. The molecular formula is C12H17BrN2O4. The number of nitrogens with zero attached hydrogens (tertiary/aromatic N) is 1. The Kier molecular flexibility index (Phi) is 5.86. The molecule has 19 heavy (non-hydrogen) atoms. The largest absolute Gasteiger partial charge is 0.394 e. The SMILES string of the molecule is CCC(CO)(CO)NCc1cc(Br)ccc1[N+](=O)[O-]. The first-order valence-electron chi connectivity index (χ1n) is 5.87. The number of hydrogen-bond donors (Lipinski definition) is 3. The molecule has 7 heteroatoms. The van der Waals surface area contributed by atoms with Crippen LogP contribution in [-0.4, -0.2) is 33.9 Å². The summed E-state index contributed by atoms with van der Waals surface area (Å²) in [5.41, 5.74) is -0.313. The summed E-state index contributed by atoms with van der Waals surface area (Å²) in [6, 6.07) is 4.68. The van der Waals surface area contributed by atoms with E-state index in [0.717, 1.165) is 4.47 Å². The lowest BCUT2D eigenvalue weighted by molar-refractivity contribution is -0.385. The van der Waals surface area contributed by atoms with Crippen LogP contribution in [0.2, 0.25) is 0 Å². The summed E-state index contributed by atoms with van der Waals surface area (Å²) in [6.45, 7) is 1.56. The molecule has 3 N–H and O–H groups in total. The number of nitrogens with one attached hydrogen (secondary N) is 1. The van der Waals surface area contributed by atoms with Gasteiger partial charge in [0.15, 0.2) is 0 Å². The topological polar surface area (TPSA) is 95.6 Å². The molecule has 0 radical (unpaired) electrons. The van der Waals surface area contributed by atoms with E-state index in [1.165, 1.54) is 6.07 Å². The van der Waals surface area contributed by atoms with Crippen LogP contribution in [0.3, 0.4) is 0 Å². The molecule has 0 aromatic heterocycles. The molecule has 0 unspecified atom stereocenters. The van der Waals surface area contributed by atoms with Crippen LogP contribution >= 0.6 is 15.9 Å². The predicted octanol–water partition coefficient (Wildman–Crippen LogP) is 1.58. The van der Waals surface area contributed by atoms with E-state index in [0.29, 0.717) is 12.0 Å². The number of halogens is 1. The molecule has 6 nitrogen and oxygen atoms in total. The predicted molar refractivity (Wildman–Crippen MR) is 74.8 cm³/mol. The van der Waals surface area contributed by atoms with Crippen LogP contribution < -0.4 is 5.32 Å². The molecule has 106 valence electrons. The van der Waals surface area contributed by atoms with Gasteiger partial charge in [-0.2, -0.15) is 0 Å². The highest BCUT2D eigenvalue weighted by molar-refractivity contribution is 9.10. The maximum atomic E-state index is 10.9. The molecule has 0 saturated heterocycles. The number of nitro benzene ring substituents is 1. The number of nitro groups is 1. The maximum absolute atomic E-state index is 10.9. The van der Waals surface area contributed by atoms with Crippen molar-refractivity contribution in [1.29, 1.82) is 0 Å². The molecule has 0 amide bonds. The third-order valence-corrected chi connectivity index (χ3v) is 3.67. The van der Waals surface area contributed by atoms with Gasteiger partial charge < -0.3 is 15.5 Å². The van der Waals surface area contributed by atoms with Crippen molar-refractivity contribution in [3.05, 3.63) is 38.3 Å². The molecule has 0 aliphatic heterocycles. The van der Waals surface area contributed by atoms with E-state index >= 15 is 0 Å². The van der Waals surface area contributed by atoms with Crippen LogP contribution in [0.5, 0.6) is 0 Å². The molecule has 0 atom stereocenters. The van der Waals surface area contributed by atoms with Crippen LogP contribution in [0.25, 0.3) is 0 Å². The van der Waals surface area contributed by atoms with Crippen molar-refractivity contribution in [2.24, 2.45) is 0 Å². The van der Waals surface area contributed by atoms with Crippen molar-refractivity contribution < 1.29 is 15.1 Å². The Labute approximate surface area is 119 Å².